The third-order valence-corrected chi connectivity index (χ3v) is 4.02. The van der Waals surface area contributed by atoms with Gasteiger partial charge in [0, 0.05) is 11.6 Å². The molecule has 1 aliphatic carbocycles. The first-order valence-corrected chi connectivity index (χ1v) is 8.47. The highest BCUT2D eigenvalue weighted by Crippen LogP contribution is 2.28. The molecule has 0 spiro atoms. The zero-order valence-electron chi connectivity index (χ0n) is 14.9. The number of carbonyl (C=O) groups is 2. The molecule has 3 rings (SSSR count). The second-order valence-electron chi connectivity index (χ2n) is 5.96. The largest absolute Gasteiger partial charge is 0.455 e. The molecule has 2 amide bonds. The Morgan fingerprint density at radius 2 is 1.96 bits per heavy atom. The summed E-state index contributed by atoms with van der Waals surface area (Å²) in [4.78, 5) is 19.9. The minimum Gasteiger partial charge on any atom is -0.455 e. The number of anilines is 1. The van der Waals surface area contributed by atoms with Gasteiger partial charge in [0.2, 0.25) is 12.3 Å². The molecule has 0 radical (unpaired) electrons. The lowest BCUT2D eigenvalue weighted by Crippen LogP contribution is -2.22. The molecule has 140 valence electrons. The van der Waals surface area contributed by atoms with Crippen molar-refractivity contribution in [1.29, 1.82) is 0 Å². The van der Waals surface area contributed by atoms with E-state index in [2.05, 4.69) is 5.73 Å². The van der Waals surface area contributed by atoms with E-state index < -0.39 is 0 Å². The van der Waals surface area contributed by atoms with Gasteiger partial charge < -0.3 is 21.6 Å². The SMILES string of the molecule is NC(=O)C1C=CC=C(C/C=C/c2oc(-c3ccccc3)cc2N)C1.NC=O. The highest BCUT2D eigenvalue weighted by Gasteiger charge is 2.15. The number of furan rings is 1. The lowest BCUT2D eigenvalue weighted by molar-refractivity contribution is -0.120. The standard InChI is InChI=1S/C20H20N2O2.CH3NO/c21-17-13-19(15-8-2-1-3-9-15)24-18(17)11-5-7-14-6-4-10-16(12-14)20(22)23;2-1-3/h1-6,8-11,13,16H,7,12,21H2,(H2,22,23);1H,(H2,2,3)/b11-5+;. The second kappa shape index (κ2) is 9.82. The summed E-state index contributed by atoms with van der Waals surface area (Å²) in [5, 5.41) is 0. The molecule has 2 aromatic rings. The van der Waals surface area contributed by atoms with Crippen molar-refractivity contribution in [3.63, 3.8) is 0 Å². The third kappa shape index (κ3) is 5.74. The average molecular weight is 365 g/mol. The lowest BCUT2D eigenvalue weighted by Gasteiger charge is -2.14. The molecule has 1 heterocycles. The summed E-state index contributed by atoms with van der Waals surface area (Å²) in [6.07, 6.45) is 11.3. The predicted molar refractivity (Wildman–Crippen MR) is 107 cm³/mol. The number of nitrogens with two attached hydrogens (primary N) is 3. The number of allylic oxidation sites excluding steroid dienone is 4. The fraction of sp³-hybridized carbons (Fsp3) is 0.143. The van der Waals surface area contributed by atoms with Gasteiger partial charge in [-0.15, -0.1) is 0 Å². The molecule has 1 aliphatic rings. The quantitative estimate of drug-likeness (QED) is 0.704. The number of hydrogen-bond donors (Lipinski definition) is 3. The summed E-state index contributed by atoms with van der Waals surface area (Å²) in [6, 6.07) is 11.7. The molecule has 1 aromatic carbocycles. The first-order chi connectivity index (χ1) is 13.0. The van der Waals surface area contributed by atoms with E-state index in [1.165, 1.54) is 0 Å². The van der Waals surface area contributed by atoms with Gasteiger partial charge in [-0.05, 0) is 18.9 Å². The van der Waals surface area contributed by atoms with Gasteiger partial charge in [0.1, 0.15) is 11.5 Å². The number of benzene rings is 1. The van der Waals surface area contributed by atoms with E-state index in [1.54, 1.807) is 0 Å². The Balaban J connectivity index is 0.000000817. The maximum atomic E-state index is 11.3. The Labute approximate surface area is 158 Å². The maximum Gasteiger partial charge on any atom is 0.224 e. The summed E-state index contributed by atoms with van der Waals surface area (Å²) in [5.41, 5.74) is 18.3. The van der Waals surface area contributed by atoms with Gasteiger partial charge in [0.25, 0.3) is 0 Å². The highest BCUT2D eigenvalue weighted by atomic mass is 16.3. The summed E-state index contributed by atoms with van der Waals surface area (Å²) in [7, 11) is 0. The molecule has 0 aliphatic heterocycles. The minimum absolute atomic E-state index is 0.211. The zero-order valence-corrected chi connectivity index (χ0v) is 14.9. The van der Waals surface area contributed by atoms with E-state index in [4.69, 9.17) is 20.7 Å². The predicted octanol–water partition coefficient (Wildman–Crippen LogP) is 3.02. The summed E-state index contributed by atoms with van der Waals surface area (Å²) in [5.74, 6) is 0.897. The Kier molecular flexibility index (Phi) is 7.19. The van der Waals surface area contributed by atoms with Crippen molar-refractivity contribution in [3.8, 4) is 11.3 Å². The molecular weight excluding hydrogens is 342 g/mol. The van der Waals surface area contributed by atoms with Crippen molar-refractivity contribution >= 4 is 24.1 Å². The molecular formula is C21H23N3O3. The number of amides is 2. The fourth-order valence-corrected chi connectivity index (χ4v) is 2.70. The van der Waals surface area contributed by atoms with Crippen molar-refractivity contribution < 1.29 is 14.0 Å². The Hall–Kier alpha value is -3.54. The normalized spacial score (nSPS) is 15.7. The van der Waals surface area contributed by atoms with Crippen molar-refractivity contribution in [2.45, 2.75) is 12.8 Å². The van der Waals surface area contributed by atoms with Crippen molar-refractivity contribution in [2.24, 2.45) is 17.4 Å². The number of hydrogen-bond acceptors (Lipinski definition) is 4. The van der Waals surface area contributed by atoms with Crippen LogP contribution in [0.25, 0.3) is 17.4 Å². The molecule has 0 saturated carbocycles. The number of nitrogen functional groups attached to an aromatic ring is 1. The number of rotatable bonds is 5. The molecule has 6 heteroatoms. The molecule has 6 N–H and O–H groups in total. The van der Waals surface area contributed by atoms with E-state index >= 15 is 0 Å². The van der Waals surface area contributed by atoms with Crippen LogP contribution in [0.4, 0.5) is 5.69 Å². The van der Waals surface area contributed by atoms with Crippen molar-refractivity contribution in [2.75, 3.05) is 5.73 Å². The molecule has 1 aromatic heterocycles. The summed E-state index contributed by atoms with van der Waals surface area (Å²) >= 11 is 0. The van der Waals surface area contributed by atoms with Crippen molar-refractivity contribution in [3.05, 3.63) is 72.0 Å². The molecule has 6 nitrogen and oxygen atoms in total. The van der Waals surface area contributed by atoms with Crippen LogP contribution in [0.1, 0.15) is 18.6 Å². The van der Waals surface area contributed by atoms with E-state index in [0.717, 1.165) is 23.3 Å². The van der Waals surface area contributed by atoms with Gasteiger partial charge in [0.05, 0.1) is 11.6 Å². The van der Waals surface area contributed by atoms with Crippen LogP contribution in [0.15, 0.2) is 70.7 Å². The van der Waals surface area contributed by atoms with Gasteiger partial charge in [-0.25, -0.2) is 0 Å². The number of primary amides is 2. The molecule has 1 atom stereocenters. The van der Waals surface area contributed by atoms with E-state index in [9.17, 15) is 4.79 Å². The van der Waals surface area contributed by atoms with Crippen molar-refractivity contribution in [1.82, 2.24) is 0 Å². The Morgan fingerprint density at radius 3 is 2.63 bits per heavy atom. The fourth-order valence-electron chi connectivity index (χ4n) is 2.70. The summed E-state index contributed by atoms with van der Waals surface area (Å²) in [6.45, 7) is 0. The smallest absolute Gasteiger partial charge is 0.224 e. The first-order valence-electron chi connectivity index (χ1n) is 8.47. The highest BCUT2D eigenvalue weighted by molar-refractivity contribution is 5.79. The topological polar surface area (TPSA) is 125 Å². The average Bonchev–Trinajstić information content (AvgIpc) is 3.04. The van der Waals surface area contributed by atoms with E-state index in [1.807, 2.05) is 66.8 Å². The van der Waals surface area contributed by atoms with Crippen LogP contribution in [0.5, 0.6) is 0 Å². The van der Waals surface area contributed by atoms with Gasteiger partial charge >= 0.3 is 0 Å². The zero-order chi connectivity index (χ0) is 19.6. The number of carbonyl (C=O) groups excluding carboxylic acids is 2. The van der Waals surface area contributed by atoms with Crippen LogP contribution < -0.4 is 17.2 Å². The first kappa shape index (κ1) is 19.8. The molecule has 1 unspecified atom stereocenters. The van der Waals surface area contributed by atoms with Crippen LogP contribution in [-0.2, 0) is 9.59 Å². The maximum absolute atomic E-state index is 11.3. The minimum atomic E-state index is -0.288. The molecule has 27 heavy (non-hydrogen) atoms. The Bertz CT molecular complexity index is 864. The van der Waals surface area contributed by atoms with Gasteiger partial charge in [-0.2, -0.15) is 0 Å². The summed E-state index contributed by atoms with van der Waals surface area (Å²) < 4.78 is 5.83. The lowest BCUT2D eigenvalue weighted by atomic mass is 9.92. The van der Waals surface area contributed by atoms with Gasteiger partial charge in [0.15, 0.2) is 0 Å². The van der Waals surface area contributed by atoms with Crippen LogP contribution in [0.3, 0.4) is 0 Å². The van der Waals surface area contributed by atoms with E-state index in [-0.39, 0.29) is 18.2 Å². The van der Waals surface area contributed by atoms with Crippen LogP contribution in [0.2, 0.25) is 0 Å². The Morgan fingerprint density at radius 1 is 1.26 bits per heavy atom. The van der Waals surface area contributed by atoms with E-state index in [0.29, 0.717) is 17.9 Å². The molecule has 0 fully saturated rings. The van der Waals surface area contributed by atoms with Crippen LogP contribution >= 0.6 is 0 Å². The van der Waals surface area contributed by atoms with Crippen LogP contribution in [-0.4, -0.2) is 12.3 Å². The van der Waals surface area contributed by atoms with Crippen LogP contribution in [0, 0.1) is 5.92 Å². The molecule has 0 saturated heterocycles. The van der Waals surface area contributed by atoms with Gasteiger partial charge in [-0.1, -0.05) is 60.2 Å². The second-order valence-corrected chi connectivity index (χ2v) is 5.96. The van der Waals surface area contributed by atoms with Gasteiger partial charge in [-0.3, -0.25) is 9.59 Å². The molecule has 0 bridgehead atoms. The monoisotopic (exact) mass is 365 g/mol. The third-order valence-electron chi connectivity index (χ3n) is 4.02.